The number of aromatic nitrogens is 2. The topological polar surface area (TPSA) is 58.1 Å². The minimum absolute atomic E-state index is 0.0574. The first-order chi connectivity index (χ1) is 11.1. The zero-order chi connectivity index (χ0) is 16.2. The molecule has 0 spiro atoms. The van der Waals surface area contributed by atoms with Gasteiger partial charge in [0, 0.05) is 31.0 Å². The maximum atomic E-state index is 12.7. The molecule has 0 radical (unpaired) electrons. The van der Waals surface area contributed by atoms with Crippen molar-refractivity contribution in [1.82, 2.24) is 15.3 Å². The first-order valence-corrected chi connectivity index (χ1v) is 8.98. The van der Waals surface area contributed by atoms with Crippen molar-refractivity contribution in [1.29, 1.82) is 0 Å². The lowest BCUT2D eigenvalue weighted by Gasteiger charge is -2.35. The molecule has 5 nitrogen and oxygen atoms in total. The van der Waals surface area contributed by atoms with Gasteiger partial charge < -0.3 is 10.2 Å². The molecule has 3 rings (SSSR count). The summed E-state index contributed by atoms with van der Waals surface area (Å²) in [6.07, 6.45) is 8.69. The third-order valence-electron chi connectivity index (χ3n) is 5.30. The molecular weight excluding hydrogens is 288 g/mol. The summed E-state index contributed by atoms with van der Waals surface area (Å²) in [5, 5.41) is 3.32. The number of piperidine rings is 1. The molecule has 1 aliphatic carbocycles. The van der Waals surface area contributed by atoms with Crippen LogP contribution in [0.4, 0.5) is 5.95 Å². The van der Waals surface area contributed by atoms with E-state index in [0.717, 1.165) is 44.0 Å². The Morgan fingerprint density at radius 3 is 2.87 bits per heavy atom. The molecule has 126 valence electrons. The van der Waals surface area contributed by atoms with E-state index in [1.165, 1.54) is 19.3 Å². The molecule has 1 saturated heterocycles. The van der Waals surface area contributed by atoms with Crippen LogP contribution in [0.3, 0.4) is 0 Å². The van der Waals surface area contributed by atoms with Gasteiger partial charge in [0.05, 0.1) is 5.92 Å². The quantitative estimate of drug-likeness (QED) is 0.931. The molecule has 1 N–H and O–H groups in total. The monoisotopic (exact) mass is 316 g/mol. The average Bonchev–Trinajstić information content (AvgIpc) is 2.57. The standard InChI is InChI=1S/C18H28N4O/c1-13-6-3-4-8-16(13)21-17(23)15-7-5-11-22(12-15)18-19-10-9-14(2)20-18/h9-10,13,15-16H,3-8,11-12H2,1-2H3,(H,21,23)/t13-,15+,16-/m1/s1. The average molecular weight is 316 g/mol. The van der Waals surface area contributed by atoms with Gasteiger partial charge in [-0.2, -0.15) is 0 Å². The van der Waals surface area contributed by atoms with Gasteiger partial charge in [0.1, 0.15) is 0 Å². The van der Waals surface area contributed by atoms with Crippen LogP contribution in [-0.4, -0.2) is 35.0 Å². The van der Waals surface area contributed by atoms with Gasteiger partial charge in [0.2, 0.25) is 11.9 Å². The third kappa shape index (κ3) is 4.01. The van der Waals surface area contributed by atoms with E-state index in [4.69, 9.17) is 0 Å². The van der Waals surface area contributed by atoms with Gasteiger partial charge in [-0.05, 0) is 44.6 Å². The van der Waals surface area contributed by atoms with Crippen molar-refractivity contribution in [3.63, 3.8) is 0 Å². The number of amides is 1. The minimum atomic E-state index is 0.0574. The number of nitrogens with one attached hydrogen (secondary N) is 1. The predicted octanol–water partition coefficient (Wildman–Crippen LogP) is 2.70. The SMILES string of the molecule is Cc1ccnc(N2CCC[C@H](C(=O)N[C@@H]3CCCC[C@H]3C)C2)n1. The summed E-state index contributed by atoms with van der Waals surface area (Å²) in [6.45, 7) is 5.91. The first-order valence-electron chi connectivity index (χ1n) is 8.98. The lowest BCUT2D eigenvalue weighted by molar-refractivity contribution is -0.126. The first kappa shape index (κ1) is 16.2. The van der Waals surface area contributed by atoms with Crippen LogP contribution in [0.1, 0.15) is 51.1 Å². The van der Waals surface area contributed by atoms with E-state index < -0.39 is 0 Å². The maximum absolute atomic E-state index is 12.7. The summed E-state index contributed by atoms with van der Waals surface area (Å²) in [6, 6.07) is 2.27. The number of carbonyl (C=O) groups is 1. The van der Waals surface area contributed by atoms with Gasteiger partial charge in [-0.15, -0.1) is 0 Å². The molecule has 1 amide bonds. The molecular formula is C18H28N4O. The molecule has 0 unspecified atom stereocenters. The largest absolute Gasteiger partial charge is 0.353 e. The van der Waals surface area contributed by atoms with E-state index >= 15 is 0 Å². The Kier molecular flexibility index (Phi) is 5.13. The van der Waals surface area contributed by atoms with E-state index in [-0.39, 0.29) is 11.8 Å². The molecule has 1 aromatic heterocycles. The summed E-state index contributed by atoms with van der Waals surface area (Å²) >= 11 is 0. The van der Waals surface area contributed by atoms with Gasteiger partial charge in [0.25, 0.3) is 0 Å². The highest BCUT2D eigenvalue weighted by Gasteiger charge is 2.30. The smallest absolute Gasteiger partial charge is 0.225 e. The highest BCUT2D eigenvalue weighted by molar-refractivity contribution is 5.79. The number of hydrogen-bond acceptors (Lipinski definition) is 4. The number of aryl methyl sites for hydroxylation is 1. The Morgan fingerprint density at radius 1 is 1.26 bits per heavy atom. The summed E-state index contributed by atoms with van der Waals surface area (Å²) in [5.41, 5.74) is 0.970. The van der Waals surface area contributed by atoms with Crippen LogP contribution in [-0.2, 0) is 4.79 Å². The summed E-state index contributed by atoms with van der Waals surface area (Å²) in [4.78, 5) is 23.7. The van der Waals surface area contributed by atoms with Crippen LogP contribution >= 0.6 is 0 Å². The van der Waals surface area contributed by atoms with Crippen LogP contribution in [0, 0.1) is 18.8 Å². The van der Waals surface area contributed by atoms with Gasteiger partial charge in [-0.3, -0.25) is 4.79 Å². The van der Waals surface area contributed by atoms with E-state index in [0.29, 0.717) is 12.0 Å². The van der Waals surface area contributed by atoms with Crippen molar-refractivity contribution in [2.75, 3.05) is 18.0 Å². The Hall–Kier alpha value is -1.65. The number of hydrogen-bond donors (Lipinski definition) is 1. The highest BCUT2D eigenvalue weighted by atomic mass is 16.2. The van der Waals surface area contributed by atoms with Crippen molar-refractivity contribution in [2.24, 2.45) is 11.8 Å². The zero-order valence-electron chi connectivity index (χ0n) is 14.3. The van der Waals surface area contributed by atoms with E-state index in [1.54, 1.807) is 6.20 Å². The molecule has 0 aromatic carbocycles. The molecule has 2 fully saturated rings. The zero-order valence-corrected chi connectivity index (χ0v) is 14.3. The molecule has 1 aliphatic heterocycles. The Balaban J connectivity index is 1.60. The van der Waals surface area contributed by atoms with Crippen LogP contribution in [0.15, 0.2) is 12.3 Å². The fourth-order valence-electron chi connectivity index (χ4n) is 3.79. The molecule has 3 atom stereocenters. The van der Waals surface area contributed by atoms with Gasteiger partial charge in [0.15, 0.2) is 0 Å². The van der Waals surface area contributed by atoms with E-state index in [1.807, 2.05) is 13.0 Å². The normalized spacial score (nSPS) is 28.4. The van der Waals surface area contributed by atoms with Gasteiger partial charge >= 0.3 is 0 Å². The van der Waals surface area contributed by atoms with Gasteiger partial charge in [-0.1, -0.05) is 19.8 Å². The Labute approximate surface area is 138 Å². The lowest BCUT2D eigenvalue weighted by Crippen LogP contribution is -2.48. The van der Waals surface area contributed by atoms with E-state index in [2.05, 4.69) is 27.1 Å². The van der Waals surface area contributed by atoms with Crippen LogP contribution in [0.5, 0.6) is 0 Å². The summed E-state index contributed by atoms with van der Waals surface area (Å²) < 4.78 is 0. The molecule has 2 heterocycles. The Morgan fingerprint density at radius 2 is 2.09 bits per heavy atom. The van der Waals surface area contributed by atoms with Gasteiger partial charge in [-0.25, -0.2) is 9.97 Å². The molecule has 0 bridgehead atoms. The molecule has 5 heteroatoms. The molecule has 23 heavy (non-hydrogen) atoms. The second-order valence-corrected chi connectivity index (χ2v) is 7.16. The third-order valence-corrected chi connectivity index (χ3v) is 5.30. The number of rotatable bonds is 3. The van der Waals surface area contributed by atoms with Crippen molar-refractivity contribution in [2.45, 2.75) is 58.4 Å². The number of anilines is 1. The summed E-state index contributed by atoms with van der Waals surface area (Å²) in [5.74, 6) is 1.64. The Bertz CT molecular complexity index is 548. The van der Waals surface area contributed by atoms with Crippen LogP contribution in [0.2, 0.25) is 0 Å². The summed E-state index contributed by atoms with van der Waals surface area (Å²) in [7, 11) is 0. The second kappa shape index (κ2) is 7.28. The van der Waals surface area contributed by atoms with Crippen molar-refractivity contribution in [3.05, 3.63) is 18.0 Å². The van der Waals surface area contributed by atoms with Crippen molar-refractivity contribution < 1.29 is 4.79 Å². The van der Waals surface area contributed by atoms with E-state index in [9.17, 15) is 4.79 Å². The number of carbonyl (C=O) groups excluding carboxylic acids is 1. The second-order valence-electron chi connectivity index (χ2n) is 7.16. The predicted molar refractivity (Wildman–Crippen MR) is 91.3 cm³/mol. The van der Waals surface area contributed by atoms with Crippen LogP contribution in [0.25, 0.3) is 0 Å². The minimum Gasteiger partial charge on any atom is -0.353 e. The molecule has 1 saturated carbocycles. The fraction of sp³-hybridized carbons (Fsp3) is 0.722. The molecule has 2 aliphatic rings. The fourth-order valence-corrected chi connectivity index (χ4v) is 3.79. The lowest BCUT2D eigenvalue weighted by atomic mass is 9.85. The van der Waals surface area contributed by atoms with Crippen molar-refractivity contribution in [3.8, 4) is 0 Å². The highest BCUT2D eigenvalue weighted by Crippen LogP contribution is 2.25. The van der Waals surface area contributed by atoms with Crippen LogP contribution < -0.4 is 10.2 Å². The molecule has 1 aromatic rings. The van der Waals surface area contributed by atoms with Crippen molar-refractivity contribution >= 4 is 11.9 Å². The number of nitrogens with zero attached hydrogens (tertiary/aromatic N) is 3. The maximum Gasteiger partial charge on any atom is 0.225 e.